The number of hydrogen-bond donors (Lipinski definition) is 3. The molecule has 0 bridgehead atoms. The fourth-order valence-electron chi connectivity index (χ4n) is 10.3. The van der Waals surface area contributed by atoms with Crippen molar-refractivity contribution in [2.45, 2.75) is 373 Å². The van der Waals surface area contributed by atoms with Gasteiger partial charge in [0.1, 0.15) is 0 Å². The first-order chi connectivity index (χ1) is 36.5. The average Bonchev–Trinajstić information content (AvgIpc) is 3.40. The second-order valence-corrected chi connectivity index (χ2v) is 22.8. The molecule has 2 atom stereocenters. The van der Waals surface area contributed by atoms with Gasteiger partial charge in [0.2, 0.25) is 5.91 Å². The van der Waals surface area contributed by atoms with E-state index in [9.17, 15) is 19.8 Å². The summed E-state index contributed by atoms with van der Waals surface area (Å²) in [7, 11) is 0. The Hall–Kier alpha value is -1.92. The summed E-state index contributed by atoms with van der Waals surface area (Å²) in [5.41, 5.74) is 0. The third-order valence-corrected chi connectivity index (χ3v) is 15.4. The molecular formula is C68H129NO5. The number of nitrogens with one attached hydrogen (secondary N) is 1. The molecule has 0 rings (SSSR count). The first-order valence-corrected chi connectivity index (χ1v) is 33.2. The molecule has 0 heterocycles. The Morgan fingerprint density at radius 1 is 0.378 bits per heavy atom. The van der Waals surface area contributed by atoms with E-state index in [4.69, 9.17) is 4.74 Å². The predicted octanol–water partition coefficient (Wildman–Crippen LogP) is 21.1. The van der Waals surface area contributed by atoms with Gasteiger partial charge in [0, 0.05) is 12.8 Å². The van der Waals surface area contributed by atoms with Crippen molar-refractivity contribution in [3.8, 4) is 0 Å². The molecular weight excluding hydrogens is 911 g/mol. The minimum Gasteiger partial charge on any atom is -0.466 e. The Balaban J connectivity index is 3.37. The van der Waals surface area contributed by atoms with Gasteiger partial charge in [-0.15, -0.1) is 0 Å². The number of unbranched alkanes of at least 4 members (excludes halogenated alkanes) is 45. The smallest absolute Gasteiger partial charge is 0.305 e. The lowest BCUT2D eigenvalue weighted by Crippen LogP contribution is -2.45. The van der Waals surface area contributed by atoms with Crippen molar-refractivity contribution in [3.63, 3.8) is 0 Å². The fraction of sp³-hybridized carbons (Fsp3) is 0.882. The molecule has 0 spiro atoms. The van der Waals surface area contributed by atoms with Crippen LogP contribution in [0.1, 0.15) is 361 Å². The normalized spacial score (nSPS) is 12.8. The zero-order chi connectivity index (χ0) is 53.6. The highest BCUT2D eigenvalue weighted by Gasteiger charge is 2.20. The standard InChI is InChI=1S/C68H129NO5/c1-3-5-7-9-11-13-15-16-17-18-33-36-39-42-46-50-54-58-62-68(73)74-63-59-55-51-47-43-40-37-34-31-29-27-25-23-21-19-20-22-24-26-28-30-32-35-38-41-45-49-53-57-61-67(72)69-65(64-70)66(71)60-56-52-48-44-14-12-10-8-6-4-2/h17-19,21,25,27,65-66,70-71H,3-16,20,22-24,26,28-64H2,1-2H3,(H,69,72)/b18-17-,21-19-,27-25-. The predicted molar refractivity (Wildman–Crippen MR) is 324 cm³/mol. The van der Waals surface area contributed by atoms with Gasteiger partial charge >= 0.3 is 5.97 Å². The molecule has 6 heteroatoms. The van der Waals surface area contributed by atoms with E-state index in [1.807, 2.05) is 0 Å². The van der Waals surface area contributed by atoms with Crippen LogP contribution in [-0.2, 0) is 14.3 Å². The van der Waals surface area contributed by atoms with Gasteiger partial charge in [-0.3, -0.25) is 9.59 Å². The minimum atomic E-state index is -0.663. The molecule has 0 fully saturated rings. The number of carbonyl (C=O) groups is 2. The molecule has 0 saturated carbocycles. The SMILES string of the molecule is CCCCCCCCC/C=C\CCCCCCCCCC(=O)OCCCCCCCCCCC/C=C\C/C=C\CCCCCCCCCCCCCCCC(=O)NC(CO)C(O)CCCCCCCCCCCC. The van der Waals surface area contributed by atoms with E-state index < -0.39 is 12.1 Å². The summed E-state index contributed by atoms with van der Waals surface area (Å²) in [5.74, 6) is -0.0275. The molecule has 3 N–H and O–H groups in total. The van der Waals surface area contributed by atoms with Gasteiger partial charge in [-0.1, -0.05) is 301 Å². The van der Waals surface area contributed by atoms with E-state index in [-0.39, 0.29) is 18.5 Å². The van der Waals surface area contributed by atoms with Crippen LogP contribution in [0, 0.1) is 0 Å². The number of hydrogen-bond acceptors (Lipinski definition) is 5. The fourth-order valence-corrected chi connectivity index (χ4v) is 10.3. The molecule has 2 unspecified atom stereocenters. The van der Waals surface area contributed by atoms with E-state index in [0.717, 1.165) is 51.4 Å². The van der Waals surface area contributed by atoms with Crippen molar-refractivity contribution >= 4 is 11.9 Å². The molecule has 0 aliphatic heterocycles. The molecule has 0 aliphatic carbocycles. The zero-order valence-corrected chi connectivity index (χ0v) is 49.8. The van der Waals surface area contributed by atoms with Crippen LogP contribution < -0.4 is 5.32 Å². The average molecular weight is 1040 g/mol. The van der Waals surface area contributed by atoms with Crippen molar-refractivity contribution in [2.24, 2.45) is 0 Å². The Kier molecular flexibility index (Phi) is 62.0. The van der Waals surface area contributed by atoms with Gasteiger partial charge in [-0.2, -0.15) is 0 Å². The first kappa shape index (κ1) is 72.1. The monoisotopic (exact) mass is 1040 g/mol. The van der Waals surface area contributed by atoms with Crippen molar-refractivity contribution in [2.75, 3.05) is 13.2 Å². The van der Waals surface area contributed by atoms with Crippen LogP contribution in [0.25, 0.3) is 0 Å². The molecule has 6 nitrogen and oxygen atoms in total. The van der Waals surface area contributed by atoms with Crippen LogP contribution in [-0.4, -0.2) is 47.4 Å². The lowest BCUT2D eigenvalue weighted by atomic mass is 10.0. The largest absolute Gasteiger partial charge is 0.466 e. The van der Waals surface area contributed by atoms with Crippen molar-refractivity contribution in [3.05, 3.63) is 36.5 Å². The van der Waals surface area contributed by atoms with Crippen LogP contribution in [0.2, 0.25) is 0 Å². The van der Waals surface area contributed by atoms with Gasteiger partial charge < -0.3 is 20.3 Å². The Bertz CT molecular complexity index is 1200. The van der Waals surface area contributed by atoms with Crippen molar-refractivity contribution in [1.82, 2.24) is 5.32 Å². The molecule has 0 radical (unpaired) electrons. The van der Waals surface area contributed by atoms with Crippen molar-refractivity contribution in [1.29, 1.82) is 0 Å². The Morgan fingerprint density at radius 2 is 0.676 bits per heavy atom. The number of rotatable bonds is 62. The second-order valence-electron chi connectivity index (χ2n) is 22.8. The van der Waals surface area contributed by atoms with E-state index >= 15 is 0 Å². The Morgan fingerprint density at radius 3 is 1.04 bits per heavy atom. The molecule has 1 amide bonds. The van der Waals surface area contributed by atoms with Gasteiger partial charge in [0.05, 0.1) is 25.4 Å². The van der Waals surface area contributed by atoms with Gasteiger partial charge in [0.15, 0.2) is 0 Å². The number of aliphatic hydroxyl groups is 2. The molecule has 74 heavy (non-hydrogen) atoms. The molecule has 0 aliphatic rings. The topological polar surface area (TPSA) is 95.9 Å². The molecule has 0 aromatic rings. The molecule has 0 aromatic heterocycles. The molecule has 436 valence electrons. The molecule has 0 saturated heterocycles. The first-order valence-electron chi connectivity index (χ1n) is 33.2. The van der Waals surface area contributed by atoms with Crippen LogP contribution in [0.4, 0.5) is 0 Å². The summed E-state index contributed by atoms with van der Waals surface area (Å²) in [6.07, 6.45) is 80.4. The van der Waals surface area contributed by atoms with E-state index in [1.54, 1.807) is 0 Å². The number of carbonyl (C=O) groups excluding carboxylic acids is 2. The lowest BCUT2D eigenvalue weighted by molar-refractivity contribution is -0.143. The minimum absolute atomic E-state index is 0.00926. The number of allylic oxidation sites excluding steroid dienone is 6. The van der Waals surface area contributed by atoms with Crippen LogP contribution in [0.5, 0.6) is 0 Å². The highest BCUT2D eigenvalue weighted by atomic mass is 16.5. The molecule has 0 aromatic carbocycles. The third kappa shape index (κ3) is 59.3. The summed E-state index contributed by atoms with van der Waals surface area (Å²) in [5, 5.41) is 23.2. The van der Waals surface area contributed by atoms with Gasteiger partial charge in [0.25, 0.3) is 0 Å². The van der Waals surface area contributed by atoms with E-state index in [1.165, 1.54) is 276 Å². The number of esters is 1. The third-order valence-electron chi connectivity index (χ3n) is 15.4. The maximum absolute atomic E-state index is 12.4. The number of ether oxygens (including phenoxy) is 1. The van der Waals surface area contributed by atoms with Crippen LogP contribution in [0.3, 0.4) is 0 Å². The van der Waals surface area contributed by atoms with E-state index in [0.29, 0.717) is 25.9 Å². The second kappa shape index (κ2) is 63.6. The summed E-state index contributed by atoms with van der Waals surface area (Å²) >= 11 is 0. The number of aliphatic hydroxyl groups excluding tert-OH is 2. The lowest BCUT2D eigenvalue weighted by Gasteiger charge is -2.22. The maximum atomic E-state index is 12.4. The summed E-state index contributed by atoms with van der Waals surface area (Å²) in [6, 6.07) is -0.541. The highest BCUT2D eigenvalue weighted by Crippen LogP contribution is 2.18. The summed E-state index contributed by atoms with van der Waals surface area (Å²) in [6.45, 7) is 4.95. The maximum Gasteiger partial charge on any atom is 0.305 e. The van der Waals surface area contributed by atoms with E-state index in [2.05, 4.69) is 55.6 Å². The van der Waals surface area contributed by atoms with Crippen LogP contribution in [0.15, 0.2) is 36.5 Å². The van der Waals surface area contributed by atoms with Gasteiger partial charge in [-0.05, 0) is 83.5 Å². The summed E-state index contributed by atoms with van der Waals surface area (Å²) in [4.78, 5) is 24.5. The van der Waals surface area contributed by atoms with Crippen LogP contribution >= 0.6 is 0 Å². The Labute approximate surface area is 462 Å². The summed E-state index contributed by atoms with van der Waals surface area (Å²) < 4.78 is 5.50. The zero-order valence-electron chi connectivity index (χ0n) is 49.8. The highest BCUT2D eigenvalue weighted by molar-refractivity contribution is 5.76. The quantitative estimate of drug-likeness (QED) is 0.0320. The number of amides is 1. The van der Waals surface area contributed by atoms with Crippen molar-refractivity contribution < 1.29 is 24.5 Å². The van der Waals surface area contributed by atoms with Gasteiger partial charge in [-0.25, -0.2) is 0 Å².